The van der Waals surface area contributed by atoms with E-state index in [0.717, 1.165) is 94.2 Å². The van der Waals surface area contributed by atoms with Crippen molar-refractivity contribution < 1.29 is 18.9 Å². The molecule has 4 bridgehead atoms. The van der Waals surface area contributed by atoms with Crippen molar-refractivity contribution in [3.63, 3.8) is 0 Å². The second-order valence-corrected chi connectivity index (χ2v) is 17.0. The zero-order chi connectivity index (χ0) is 39.3. The van der Waals surface area contributed by atoms with Gasteiger partial charge in [-0.1, -0.05) is 38.8 Å². The summed E-state index contributed by atoms with van der Waals surface area (Å²) < 4.78 is 26.0. The number of fused-ring (bicyclic) bond motifs is 9. The van der Waals surface area contributed by atoms with Crippen molar-refractivity contribution in [2.75, 3.05) is 40.4 Å². The second-order valence-electron chi connectivity index (χ2n) is 17.0. The minimum absolute atomic E-state index is 0.180. The number of nitrogens with zero attached hydrogens (tertiary/aromatic N) is 6. The fraction of sp³-hybridized carbons (Fsp3) is 0.458. The lowest BCUT2D eigenvalue weighted by atomic mass is 9.72. The Labute approximate surface area is 340 Å². The van der Waals surface area contributed by atoms with Gasteiger partial charge in [0.1, 0.15) is 23.7 Å². The summed E-state index contributed by atoms with van der Waals surface area (Å²) in [5, 5.41) is 13.7. The Hall–Kier alpha value is -5.06. The van der Waals surface area contributed by atoms with Gasteiger partial charge in [-0.25, -0.2) is 0 Å². The summed E-state index contributed by atoms with van der Waals surface area (Å²) in [5.74, 6) is 5.39. The Kier molecular flexibility index (Phi) is 10.0. The van der Waals surface area contributed by atoms with E-state index < -0.39 is 0 Å². The van der Waals surface area contributed by atoms with E-state index in [0.29, 0.717) is 35.4 Å². The summed E-state index contributed by atoms with van der Waals surface area (Å²) in [6.45, 7) is 9.00. The highest BCUT2D eigenvalue weighted by molar-refractivity contribution is 5.91. The Morgan fingerprint density at radius 3 is 1.47 bits per heavy atom. The first kappa shape index (κ1) is 37.2. The van der Waals surface area contributed by atoms with Gasteiger partial charge in [0.05, 0.1) is 48.1 Å². The zero-order valence-electron chi connectivity index (χ0n) is 34.1. The molecule has 6 fully saturated rings. The molecule has 10 nitrogen and oxygen atoms in total. The number of methoxy groups -OCH3 is 2. The van der Waals surface area contributed by atoms with Crippen molar-refractivity contribution in [2.24, 2.45) is 23.7 Å². The smallest absolute Gasteiger partial charge is 0.242 e. The van der Waals surface area contributed by atoms with Crippen molar-refractivity contribution in [3.05, 3.63) is 96.3 Å². The average Bonchev–Trinajstić information content (AvgIpc) is 3.29. The zero-order valence-corrected chi connectivity index (χ0v) is 34.1. The van der Waals surface area contributed by atoms with E-state index in [9.17, 15) is 0 Å². The van der Waals surface area contributed by atoms with Gasteiger partial charge in [-0.05, 0) is 123 Å². The summed E-state index contributed by atoms with van der Waals surface area (Å²) in [7, 11) is 3.42. The van der Waals surface area contributed by atoms with Crippen LogP contribution in [0.3, 0.4) is 0 Å². The number of aromatic nitrogens is 4. The highest BCUT2D eigenvalue weighted by atomic mass is 16.5. The number of pyridine rings is 2. The Morgan fingerprint density at radius 1 is 0.603 bits per heavy atom. The lowest BCUT2D eigenvalue weighted by molar-refractivity contribution is -0.0505. The summed E-state index contributed by atoms with van der Waals surface area (Å²) in [4.78, 5) is 14.8. The van der Waals surface area contributed by atoms with Crippen LogP contribution in [0.2, 0.25) is 0 Å². The number of ether oxygens (including phenoxy) is 4. The first-order valence-corrected chi connectivity index (χ1v) is 21.5. The van der Waals surface area contributed by atoms with Gasteiger partial charge in [0.15, 0.2) is 0 Å². The molecule has 0 spiro atoms. The van der Waals surface area contributed by atoms with Crippen LogP contribution < -0.4 is 18.9 Å². The first-order valence-electron chi connectivity index (χ1n) is 21.5. The van der Waals surface area contributed by atoms with Crippen LogP contribution in [0.25, 0.3) is 32.6 Å². The molecule has 12 rings (SSSR count). The molecule has 6 aliphatic heterocycles. The van der Waals surface area contributed by atoms with Gasteiger partial charge in [0.25, 0.3) is 0 Å². The summed E-state index contributed by atoms with van der Waals surface area (Å²) in [5.41, 5.74) is 4.01. The third-order valence-electron chi connectivity index (χ3n) is 14.3. The molecule has 6 aliphatic rings. The number of rotatable bonds is 12. The maximum atomic E-state index is 7.30. The minimum Gasteiger partial charge on any atom is -0.497 e. The van der Waals surface area contributed by atoms with Gasteiger partial charge < -0.3 is 18.9 Å². The van der Waals surface area contributed by atoms with Crippen molar-refractivity contribution >= 4 is 32.6 Å². The molecule has 0 aliphatic carbocycles. The van der Waals surface area contributed by atoms with Crippen LogP contribution in [-0.2, 0) is 0 Å². The first-order chi connectivity index (χ1) is 28.5. The molecule has 0 amide bonds. The predicted molar refractivity (Wildman–Crippen MR) is 227 cm³/mol. The fourth-order valence-electron chi connectivity index (χ4n) is 11.1. The number of piperidine rings is 6. The third-order valence-corrected chi connectivity index (χ3v) is 14.3. The van der Waals surface area contributed by atoms with Gasteiger partial charge in [0, 0.05) is 47.4 Å². The molecule has 6 aromatic rings. The fourth-order valence-corrected chi connectivity index (χ4v) is 11.1. The van der Waals surface area contributed by atoms with Crippen LogP contribution in [0.4, 0.5) is 0 Å². The standard InChI is InChI=1S/C48H54N6O4/c1-5-29-27-53-21-17-31(29)23-43(53)45(35-15-19-49-41-13-11-33(55-3)25-39(35)41)57-47-37-9-7-8-10-38(37)48(52-51-47)58-46(44-24-32-18-22-54(44)28-30(32)6-2)36-16-20-50-42-14-12-34(56-4)26-40(36)42/h7-16,19-20,25-26,29-32,43-46H,5-6,17-18,21-24,27-28H2,1-4H3/t29-,30+,31-,32+,43?,44?,45-,46-/m1/s1. The highest BCUT2D eigenvalue weighted by Gasteiger charge is 2.46. The minimum atomic E-state index is -0.300. The molecule has 3 aromatic carbocycles. The summed E-state index contributed by atoms with van der Waals surface area (Å²) in [6.07, 6.45) is 10.2. The van der Waals surface area contributed by atoms with Crippen molar-refractivity contribution in [1.29, 1.82) is 0 Å². The van der Waals surface area contributed by atoms with Gasteiger partial charge in [0.2, 0.25) is 11.8 Å². The molecule has 3 aromatic heterocycles. The Morgan fingerprint density at radius 2 is 1.07 bits per heavy atom. The molecule has 0 radical (unpaired) electrons. The van der Waals surface area contributed by atoms with Crippen molar-refractivity contribution in [2.45, 2.75) is 76.7 Å². The molecule has 6 saturated heterocycles. The molecule has 58 heavy (non-hydrogen) atoms. The maximum Gasteiger partial charge on any atom is 0.242 e. The van der Waals surface area contributed by atoms with E-state index in [1.165, 1.54) is 25.7 Å². The van der Waals surface area contributed by atoms with Crippen molar-refractivity contribution in [3.8, 4) is 23.3 Å². The molecule has 4 unspecified atom stereocenters. The van der Waals surface area contributed by atoms with Crippen LogP contribution in [0.15, 0.2) is 85.2 Å². The average molecular weight is 779 g/mol. The molecule has 9 heterocycles. The van der Waals surface area contributed by atoms with Gasteiger partial charge in [-0.3, -0.25) is 19.8 Å². The highest BCUT2D eigenvalue weighted by Crippen LogP contribution is 2.47. The summed E-state index contributed by atoms with van der Waals surface area (Å²) in [6, 6.07) is 25.1. The largest absolute Gasteiger partial charge is 0.497 e. The monoisotopic (exact) mass is 778 g/mol. The lowest BCUT2D eigenvalue weighted by Crippen LogP contribution is -2.56. The Bertz CT molecular complexity index is 2280. The van der Waals surface area contributed by atoms with Crippen LogP contribution in [0, 0.1) is 23.7 Å². The molecular formula is C48H54N6O4. The van der Waals surface area contributed by atoms with E-state index in [4.69, 9.17) is 39.1 Å². The number of hydrogen-bond acceptors (Lipinski definition) is 10. The van der Waals surface area contributed by atoms with E-state index >= 15 is 0 Å². The lowest BCUT2D eigenvalue weighted by Gasteiger charge is -2.52. The molecule has 0 N–H and O–H groups in total. The Balaban J connectivity index is 1.06. The van der Waals surface area contributed by atoms with Crippen LogP contribution in [-0.4, -0.2) is 82.4 Å². The third kappa shape index (κ3) is 6.58. The van der Waals surface area contributed by atoms with Crippen LogP contribution in [0.5, 0.6) is 23.3 Å². The van der Waals surface area contributed by atoms with E-state index in [-0.39, 0.29) is 24.3 Å². The van der Waals surface area contributed by atoms with Crippen molar-refractivity contribution in [1.82, 2.24) is 30.0 Å². The molecule has 300 valence electrons. The number of benzene rings is 3. The molecule has 0 saturated carbocycles. The summed E-state index contributed by atoms with van der Waals surface area (Å²) >= 11 is 0. The molecule has 10 atom stereocenters. The topological polar surface area (TPSA) is 95.0 Å². The predicted octanol–water partition coefficient (Wildman–Crippen LogP) is 9.22. The van der Waals surface area contributed by atoms with Crippen LogP contribution >= 0.6 is 0 Å². The van der Waals surface area contributed by atoms with Gasteiger partial charge in [-0.2, -0.15) is 0 Å². The SMILES string of the molecule is CC[C@@H]1CN2CC[C@@H]1CC2[C@H](Oc1nnc(O[C@H](c2ccnc3ccc(OC)cc23)C2C[C@@H]3CCN2C[C@@H]3CC)c2ccccc12)c1ccnc2ccc(OC)cc12. The van der Waals surface area contributed by atoms with E-state index in [2.05, 4.69) is 72.2 Å². The van der Waals surface area contributed by atoms with Crippen LogP contribution in [0.1, 0.15) is 75.7 Å². The quantitative estimate of drug-likeness (QED) is 0.120. The second kappa shape index (κ2) is 15.6. The van der Waals surface area contributed by atoms with E-state index in [1.807, 2.05) is 36.7 Å². The van der Waals surface area contributed by atoms with E-state index in [1.54, 1.807) is 14.2 Å². The number of hydrogen-bond donors (Lipinski definition) is 0. The maximum absolute atomic E-state index is 7.30. The normalized spacial score (nSPS) is 27.4. The molecular weight excluding hydrogens is 725 g/mol. The molecule has 10 heteroatoms. The van der Waals surface area contributed by atoms with Gasteiger partial charge in [-0.15, -0.1) is 10.2 Å². The van der Waals surface area contributed by atoms with Gasteiger partial charge >= 0.3 is 0 Å².